The van der Waals surface area contributed by atoms with Crippen molar-refractivity contribution in [3.8, 4) is 5.75 Å². The van der Waals surface area contributed by atoms with Gasteiger partial charge in [0.1, 0.15) is 11.5 Å². The molecule has 1 atom stereocenters. The van der Waals surface area contributed by atoms with E-state index in [1.54, 1.807) is 29.2 Å². The molecule has 5 heteroatoms. The van der Waals surface area contributed by atoms with Gasteiger partial charge in [-0.3, -0.25) is 9.59 Å². The maximum atomic E-state index is 13.1. The highest BCUT2D eigenvalue weighted by Crippen LogP contribution is 2.42. The summed E-state index contributed by atoms with van der Waals surface area (Å²) in [6.07, 6.45) is 0.671. The predicted octanol–water partition coefficient (Wildman–Crippen LogP) is 5.46. The van der Waals surface area contributed by atoms with Crippen LogP contribution in [0, 0.1) is 0 Å². The van der Waals surface area contributed by atoms with Crippen LogP contribution in [-0.2, 0) is 9.59 Å². The number of benzene rings is 3. The largest absolute Gasteiger partial charge is 0.507 e. The summed E-state index contributed by atoms with van der Waals surface area (Å²) in [4.78, 5) is 27.7. The monoisotopic (exact) mass is 429 g/mol. The number of rotatable bonds is 6. The summed E-state index contributed by atoms with van der Waals surface area (Å²) in [5.74, 6) is -0.840. The fourth-order valence-electron chi connectivity index (χ4n) is 4.31. The van der Waals surface area contributed by atoms with Gasteiger partial charge >= 0.3 is 0 Å². The minimum absolute atomic E-state index is 0.0294. The summed E-state index contributed by atoms with van der Waals surface area (Å²) in [6, 6.07) is 20.0. The van der Waals surface area contributed by atoms with E-state index in [1.807, 2.05) is 63.2 Å². The number of nitrogens with zero attached hydrogens (tertiary/aromatic N) is 1. The molecule has 0 radical (unpaired) electrons. The van der Waals surface area contributed by atoms with Crippen molar-refractivity contribution >= 4 is 28.2 Å². The third-order valence-electron chi connectivity index (χ3n) is 5.60. The Morgan fingerprint density at radius 2 is 1.75 bits per heavy atom. The highest BCUT2D eigenvalue weighted by molar-refractivity contribution is 6.46. The van der Waals surface area contributed by atoms with Crippen molar-refractivity contribution in [1.29, 1.82) is 0 Å². The number of likely N-dealkylation sites (tertiary alicyclic amines) is 1. The van der Waals surface area contributed by atoms with Gasteiger partial charge in [0, 0.05) is 12.1 Å². The number of hydrogen-bond acceptors (Lipinski definition) is 4. The Kier molecular flexibility index (Phi) is 5.99. The van der Waals surface area contributed by atoms with E-state index in [2.05, 4.69) is 0 Å². The lowest BCUT2D eigenvalue weighted by Gasteiger charge is -2.26. The van der Waals surface area contributed by atoms with Crippen LogP contribution in [0.25, 0.3) is 16.5 Å². The number of amides is 1. The number of carbonyl (C=O) groups excluding carboxylic acids is 2. The molecule has 1 N–H and O–H groups in total. The molecular weight excluding hydrogens is 402 g/mol. The number of aliphatic hydroxyl groups excluding tert-OH is 1. The van der Waals surface area contributed by atoms with E-state index in [9.17, 15) is 14.7 Å². The van der Waals surface area contributed by atoms with E-state index in [1.165, 1.54) is 0 Å². The first-order valence-electron chi connectivity index (χ1n) is 11.0. The number of aliphatic hydroxyl groups is 1. The van der Waals surface area contributed by atoms with Crippen LogP contribution in [0.5, 0.6) is 5.75 Å². The van der Waals surface area contributed by atoms with Gasteiger partial charge in [-0.1, -0.05) is 61.5 Å². The lowest BCUT2D eigenvalue weighted by atomic mass is 9.91. The van der Waals surface area contributed by atoms with E-state index in [4.69, 9.17) is 4.74 Å². The summed E-state index contributed by atoms with van der Waals surface area (Å²) in [7, 11) is 0. The molecule has 0 bridgehead atoms. The average Bonchev–Trinajstić information content (AvgIpc) is 3.03. The SMILES string of the molecule is CCCN1C(=O)C(=O)/C(=C(\O)c2cccc(OC(C)C)c2)C1c1cccc2ccccc12. The molecule has 1 saturated heterocycles. The average molecular weight is 430 g/mol. The summed E-state index contributed by atoms with van der Waals surface area (Å²) in [6.45, 7) is 6.23. The number of ketones is 1. The molecule has 0 spiro atoms. The Labute approximate surface area is 187 Å². The lowest BCUT2D eigenvalue weighted by Crippen LogP contribution is -2.30. The van der Waals surface area contributed by atoms with E-state index in [0.717, 1.165) is 16.3 Å². The van der Waals surface area contributed by atoms with E-state index in [0.29, 0.717) is 24.3 Å². The maximum absolute atomic E-state index is 13.1. The molecule has 164 valence electrons. The second-order valence-corrected chi connectivity index (χ2v) is 8.26. The van der Waals surface area contributed by atoms with E-state index < -0.39 is 17.7 Å². The molecule has 4 rings (SSSR count). The second kappa shape index (κ2) is 8.87. The van der Waals surface area contributed by atoms with Crippen LogP contribution < -0.4 is 4.74 Å². The predicted molar refractivity (Wildman–Crippen MR) is 125 cm³/mol. The fraction of sp³-hybridized carbons (Fsp3) is 0.259. The van der Waals surface area contributed by atoms with Gasteiger partial charge in [-0.15, -0.1) is 0 Å². The van der Waals surface area contributed by atoms with Gasteiger partial charge in [-0.05, 0) is 48.7 Å². The number of carbonyl (C=O) groups is 2. The molecule has 1 aliphatic heterocycles. The lowest BCUT2D eigenvalue weighted by molar-refractivity contribution is -0.139. The Morgan fingerprint density at radius 1 is 1.03 bits per heavy atom. The van der Waals surface area contributed by atoms with Crippen LogP contribution in [0.4, 0.5) is 0 Å². The molecular formula is C27H27NO4. The van der Waals surface area contributed by atoms with Gasteiger partial charge < -0.3 is 14.7 Å². The summed E-state index contributed by atoms with van der Waals surface area (Å²) in [5, 5.41) is 13.2. The van der Waals surface area contributed by atoms with Crippen LogP contribution >= 0.6 is 0 Å². The number of Topliss-reactive ketones (excluding diaryl/α,β-unsaturated/α-hetero) is 1. The zero-order valence-corrected chi connectivity index (χ0v) is 18.5. The molecule has 1 fully saturated rings. The first-order chi connectivity index (χ1) is 15.4. The van der Waals surface area contributed by atoms with Crippen molar-refractivity contribution < 1.29 is 19.4 Å². The fourth-order valence-corrected chi connectivity index (χ4v) is 4.31. The Bertz CT molecular complexity index is 1210. The molecule has 0 aliphatic carbocycles. The molecule has 1 unspecified atom stereocenters. The van der Waals surface area contributed by atoms with Crippen molar-refractivity contribution in [3.63, 3.8) is 0 Å². The zero-order chi connectivity index (χ0) is 22.8. The van der Waals surface area contributed by atoms with Crippen LogP contribution in [0.3, 0.4) is 0 Å². The van der Waals surface area contributed by atoms with Crippen LogP contribution in [0.15, 0.2) is 72.3 Å². The molecule has 32 heavy (non-hydrogen) atoms. The summed E-state index contributed by atoms with van der Waals surface area (Å²) < 4.78 is 5.75. The van der Waals surface area contributed by atoms with Crippen molar-refractivity contribution in [2.24, 2.45) is 0 Å². The van der Waals surface area contributed by atoms with Crippen molar-refractivity contribution in [3.05, 3.63) is 83.4 Å². The first-order valence-corrected chi connectivity index (χ1v) is 11.0. The highest BCUT2D eigenvalue weighted by atomic mass is 16.5. The number of hydrogen-bond donors (Lipinski definition) is 1. The van der Waals surface area contributed by atoms with Crippen LogP contribution in [0.1, 0.15) is 44.4 Å². The molecule has 5 nitrogen and oxygen atoms in total. The Hall–Kier alpha value is -3.60. The normalized spacial score (nSPS) is 18.0. The molecule has 1 amide bonds. The standard InChI is InChI=1S/C27H27NO4/c1-4-15-28-24(22-14-8-10-18-9-5-6-13-21(18)22)23(26(30)27(28)31)25(29)19-11-7-12-20(16-19)32-17(2)3/h5-14,16-17,24,29H,4,15H2,1-3H3/b25-23-. The highest BCUT2D eigenvalue weighted by Gasteiger charge is 2.46. The van der Waals surface area contributed by atoms with Gasteiger partial charge in [0.05, 0.1) is 17.7 Å². The maximum Gasteiger partial charge on any atom is 0.295 e. The van der Waals surface area contributed by atoms with Crippen LogP contribution in [0.2, 0.25) is 0 Å². The molecule has 0 saturated carbocycles. The topological polar surface area (TPSA) is 66.8 Å². The molecule has 3 aromatic rings. The quantitative estimate of drug-likeness (QED) is 0.321. The summed E-state index contributed by atoms with van der Waals surface area (Å²) in [5.41, 5.74) is 1.39. The summed E-state index contributed by atoms with van der Waals surface area (Å²) >= 11 is 0. The van der Waals surface area contributed by atoms with Crippen molar-refractivity contribution in [1.82, 2.24) is 4.90 Å². The van der Waals surface area contributed by atoms with Crippen LogP contribution in [-0.4, -0.2) is 34.3 Å². The van der Waals surface area contributed by atoms with E-state index in [-0.39, 0.29) is 17.4 Å². The molecule has 0 aromatic heterocycles. The molecule has 3 aromatic carbocycles. The van der Waals surface area contributed by atoms with Gasteiger partial charge in [-0.2, -0.15) is 0 Å². The van der Waals surface area contributed by atoms with Crippen molar-refractivity contribution in [2.45, 2.75) is 39.3 Å². The number of fused-ring (bicyclic) bond motifs is 1. The number of ether oxygens (including phenoxy) is 1. The first kappa shape index (κ1) is 21.6. The Morgan fingerprint density at radius 3 is 2.50 bits per heavy atom. The molecule has 1 aliphatic rings. The third kappa shape index (κ3) is 3.86. The smallest absolute Gasteiger partial charge is 0.295 e. The van der Waals surface area contributed by atoms with E-state index >= 15 is 0 Å². The minimum atomic E-state index is -0.663. The Balaban J connectivity index is 1.92. The minimum Gasteiger partial charge on any atom is -0.507 e. The molecule has 1 heterocycles. The van der Waals surface area contributed by atoms with Gasteiger partial charge in [0.15, 0.2) is 0 Å². The van der Waals surface area contributed by atoms with Crippen molar-refractivity contribution in [2.75, 3.05) is 6.54 Å². The second-order valence-electron chi connectivity index (χ2n) is 8.26. The zero-order valence-electron chi connectivity index (χ0n) is 18.5. The van der Waals surface area contributed by atoms with Gasteiger partial charge in [0.2, 0.25) is 0 Å². The third-order valence-corrected chi connectivity index (χ3v) is 5.60. The van der Waals surface area contributed by atoms with Gasteiger partial charge in [0.25, 0.3) is 11.7 Å². The van der Waals surface area contributed by atoms with Gasteiger partial charge in [-0.25, -0.2) is 0 Å².